The molecule has 2 nitrogen and oxygen atoms in total. The Morgan fingerprint density at radius 1 is 1.20 bits per heavy atom. The summed E-state index contributed by atoms with van der Waals surface area (Å²) in [5.41, 5.74) is 1.17. The maximum atomic E-state index is 13.6. The van der Waals surface area contributed by atoms with Gasteiger partial charge in [-0.2, -0.15) is 0 Å². The van der Waals surface area contributed by atoms with E-state index in [4.69, 9.17) is 4.74 Å². The van der Waals surface area contributed by atoms with Crippen molar-refractivity contribution in [2.24, 2.45) is 0 Å². The number of nitrogens with zero attached hydrogens (tertiary/aromatic N) is 1. The van der Waals surface area contributed by atoms with E-state index in [9.17, 15) is 4.39 Å². The highest BCUT2D eigenvalue weighted by Crippen LogP contribution is 2.31. The molecule has 0 unspecified atom stereocenters. The Bertz CT molecular complexity index is 456. The van der Waals surface area contributed by atoms with E-state index in [2.05, 4.69) is 4.98 Å². The Hall–Kier alpha value is -1.90. The van der Waals surface area contributed by atoms with Crippen molar-refractivity contribution in [3.05, 3.63) is 48.5 Å². The molecular weight excluding hydrogens is 193 g/mol. The highest BCUT2D eigenvalue weighted by atomic mass is 19.1. The number of halogens is 1. The number of ether oxygens (including phenoxy) is 1. The summed E-state index contributed by atoms with van der Waals surface area (Å²) in [5.74, 6) is 0.213. The lowest BCUT2D eigenvalue weighted by Crippen LogP contribution is -1.91. The number of hydrogen-bond acceptors (Lipinski definition) is 2. The van der Waals surface area contributed by atoms with Crippen molar-refractivity contribution in [1.29, 1.82) is 0 Å². The molecule has 0 saturated heterocycles. The predicted octanol–water partition coefficient (Wildman–Crippen LogP) is 2.90. The smallest absolute Gasteiger partial charge is 0.134 e. The summed E-state index contributed by atoms with van der Waals surface area (Å²) in [6.07, 6.45) is 3.26. The lowest BCUT2D eigenvalue weighted by Gasteiger charge is -2.08. The van der Waals surface area contributed by atoms with Crippen molar-refractivity contribution in [2.75, 3.05) is 7.11 Å². The first-order chi connectivity index (χ1) is 7.33. The van der Waals surface area contributed by atoms with Gasteiger partial charge in [-0.1, -0.05) is 12.1 Å². The molecule has 0 radical (unpaired) electrons. The van der Waals surface area contributed by atoms with Gasteiger partial charge in [0.25, 0.3) is 0 Å². The lowest BCUT2D eigenvalue weighted by molar-refractivity contribution is 0.413. The van der Waals surface area contributed by atoms with Crippen LogP contribution in [0, 0.1) is 5.82 Å². The molecule has 0 aliphatic heterocycles. The standard InChI is InChI=1S/C12H10FNO/c1-15-11-6-2-5-10(13)12(11)9-4-3-7-14-8-9/h2-8H,1H3. The van der Waals surface area contributed by atoms with Crippen molar-refractivity contribution in [3.63, 3.8) is 0 Å². The molecule has 0 fully saturated rings. The molecule has 0 amide bonds. The summed E-state index contributed by atoms with van der Waals surface area (Å²) in [7, 11) is 1.52. The van der Waals surface area contributed by atoms with E-state index in [1.807, 2.05) is 0 Å². The molecule has 0 saturated carbocycles. The van der Waals surface area contributed by atoms with Crippen LogP contribution in [0.25, 0.3) is 11.1 Å². The van der Waals surface area contributed by atoms with Crippen LogP contribution in [-0.4, -0.2) is 12.1 Å². The van der Waals surface area contributed by atoms with Crippen molar-refractivity contribution < 1.29 is 9.13 Å². The third kappa shape index (κ3) is 1.81. The van der Waals surface area contributed by atoms with Crippen LogP contribution < -0.4 is 4.74 Å². The van der Waals surface area contributed by atoms with E-state index >= 15 is 0 Å². The number of rotatable bonds is 2. The predicted molar refractivity (Wildman–Crippen MR) is 56.2 cm³/mol. The highest BCUT2D eigenvalue weighted by molar-refractivity contribution is 5.70. The van der Waals surface area contributed by atoms with E-state index in [1.54, 1.807) is 36.7 Å². The molecule has 1 aromatic heterocycles. The van der Waals surface area contributed by atoms with Crippen LogP contribution in [0.2, 0.25) is 0 Å². The Morgan fingerprint density at radius 3 is 2.73 bits per heavy atom. The number of aromatic nitrogens is 1. The molecule has 0 N–H and O–H groups in total. The van der Waals surface area contributed by atoms with Crippen LogP contribution in [0.5, 0.6) is 5.75 Å². The molecule has 2 rings (SSSR count). The Morgan fingerprint density at radius 2 is 2.07 bits per heavy atom. The molecule has 0 aliphatic carbocycles. The number of hydrogen-bond donors (Lipinski definition) is 0. The zero-order valence-corrected chi connectivity index (χ0v) is 8.27. The SMILES string of the molecule is COc1cccc(F)c1-c1cccnc1. The first kappa shape index (κ1) is 9.65. The summed E-state index contributed by atoms with van der Waals surface area (Å²) < 4.78 is 18.7. The average molecular weight is 203 g/mol. The third-order valence-electron chi connectivity index (χ3n) is 2.15. The topological polar surface area (TPSA) is 22.1 Å². The Balaban J connectivity index is 2.61. The molecular formula is C12H10FNO. The number of pyridine rings is 1. The van der Waals surface area contributed by atoms with E-state index in [0.29, 0.717) is 16.9 Å². The fraction of sp³-hybridized carbons (Fsp3) is 0.0833. The number of methoxy groups -OCH3 is 1. The maximum absolute atomic E-state index is 13.6. The van der Waals surface area contributed by atoms with E-state index in [1.165, 1.54) is 13.2 Å². The minimum absolute atomic E-state index is 0.303. The molecule has 0 bridgehead atoms. The van der Waals surface area contributed by atoms with Crippen LogP contribution in [0.3, 0.4) is 0 Å². The fourth-order valence-electron chi connectivity index (χ4n) is 1.47. The molecule has 0 atom stereocenters. The van der Waals surface area contributed by atoms with Crippen molar-refractivity contribution in [3.8, 4) is 16.9 Å². The van der Waals surface area contributed by atoms with Crippen LogP contribution >= 0.6 is 0 Å². The molecule has 3 heteroatoms. The minimum Gasteiger partial charge on any atom is -0.496 e. The van der Waals surface area contributed by atoms with Crippen LogP contribution in [-0.2, 0) is 0 Å². The van der Waals surface area contributed by atoms with Crippen molar-refractivity contribution >= 4 is 0 Å². The fourth-order valence-corrected chi connectivity index (χ4v) is 1.47. The van der Waals surface area contributed by atoms with E-state index in [0.717, 1.165) is 0 Å². The summed E-state index contributed by atoms with van der Waals surface area (Å²) in [6, 6.07) is 8.32. The summed E-state index contributed by atoms with van der Waals surface area (Å²) in [6.45, 7) is 0. The summed E-state index contributed by atoms with van der Waals surface area (Å²) in [4.78, 5) is 3.96. The number of benzene rings is 1. The van der Waals surface area contributed by atoms with Gasteiger partial charge in [0.1, 0.15) is 11.6 Å². The van der Waals surface area contributed by atoms with Crippen LogP contribution in [0.1, 0.15) is 0 Å². The summed E-state index contributed by atoms with van der Waals surface area (Å²) >= 11 is 0. The maximum Gasteiger partial charge on any atom is 0.134 e. The molecule has 15 heavy (non-hydrogen) atoms. The van der Waals surface area contributed by atoms with Gasteiger partial charge < -0.3 is 4.74 Å². The molecule has 1 aromatic carbocycles. The highest BCUT2D eigenvalue weighted by Gasteiger charge is 2.10. The quantitative estimate of drug-likeness (QED) is 0.748. The van der Waals surface area contributed by atoms with Gasteiger partial charge in [-0.05, 0) is 18.2 Å². The second-order valence-corrected chi connectivity index (χ2v) is 3.06. The second kappa shape index (κ2) is 4.09. The van der Waals surface area contributed by atoms with Gasteiger partial charge in [0.15, 0.2) is 0 Å². The van der Waals surface area contributed by atoms with E-state index < -0.39 is 0 Å². The molecule has 76 valence electrons. The molecule has 0 spiro atoms. The molecule has 1 heterocycles. The lowest BCUT2D eigenvalue weighted by atomic mass is 10.1. The Kier molecular flexibility index (Phi) is 2.63. The van der Waals surface area contributed by atoms with Gasteiger partial charge in [0.2, 0.25) is 0 Å². The largest absolute Gasteiger partial charge is 0.496 e. The molecule has 0 aliphatic rings. The third-order valence-corrected chi connectivity index (χ3v) is 2.15. The Labute approximate surface area is 87.4 Å². The van der Waals surface area contributed by atoms with Crippen LogP contribution in [0.4, 0.5) is 4.39 Å². The van der Waals surface area contributed by atoms with Crippen molar-refractivity contribution in [1.82, 2.24) is 4.98 Å². The van der Waals surface area contributed by atoms with Gasteiger partial charge in [-0.15, -0.1) is 0 Å². The zero-order valence-electron chi connectivity index (χ0n) is 8.27. The van der Waals surface area contributed by atoms with Gasteiger partial charge in [0.05, 0.1) is 12.7 Å². The van der Waals surface area contributed by atoms with Gasteiger partial charge in [0, 0.05) is 18.0 Å². The summed E-state index contributed by atoms with van der Waals surface area (Å²) in [5, 5.41) is 0. The zero-order chi connectivity index (χ0) is 10.7. The van der Waals surface area contributed by atoms with E-state index in [-0.39, 0.29) is 5.82 Å². The first-order valence-corrected chi connectivity index (χ1v) is 4.56. The van der Waals surface area contributed by atoms with Gasteiger partial charge >= 0.3 is 0 Å². The monoisotopic (exact) mass is 203 g/mol. The normalized spacial score (nSPS) is 10.0. The van der Waals surface area contributed by atoms with Gasteiger partial charge in [-0.25, -0.2) is 4.39 Å². The first-order valence-electron chi connectivity index (χ1n) is 4.56. The van der Waals surface area contributed by atoms with Gasteiger partial charge in [-0.3, -0.25) is 4.98 Å². The second-order valence-electron chi connectivity index (χ2n) is 3.06. The van der Waals surface area contributed by atoms with Crippen molar-refractivity contribution in [2.45, 2.75) is 0 Å². The van der Waals surface area contributed by atoms with Crippen LogP contribution in [0.15, 0.2) is 42.7 Å². The molecule has 2 aromatic rings. The average Bonchev–Trinajstić information content (AvgIpc) is 2.29. The minimum atomic E-state index is -0.303.